The number of ether oxygens (including phenoxy) is 1. The van der Waals surface area contributed by atoms with Gasteiger partial charge in [-0.15, -0.1) is 0 Å². The highest BCUT2D eigenvalue weighted by atomic mass is 19.4. The highest BCUT2D eigenvalue weighted by molar-refractivity contribution is 5.67. The molecule has 2 fully saturated rings. The third-order valence-electron chi connectivity index (χ3n) is 6.28. The van der Waals surface area contributed by atoms with Crippen LogP contribution in [0.25, 0.3) is 11.3 Å². The predicted octanol–water partition coefficient (Wildman–Crippen LogP) is 3.59. The molecular weight excluding hydrogens is 471 g/mol. The van der Waals surface area contributed by atoms with E-state index in [1.165, 1.54) is 12.3 Å². The molecule has 4 heterocycles. The van der Waals surface area contributed by atoms with Gasteiger partial charge in [0.25, 0.3) is 0 Å². The minimum Gasteiger partial charge on any atom is -0.378 e. The van der Waals surface area contributed by atoms with E-state index in [1.807, 2.05) is 18.2 Å². The predicted molar refractivity (Wildman–Crippen MR) is 129 cm³/mol. The Balaban J connectivity index is 1.43. The number of benzene rings is 1. The van der Waals surface area contributed by atoms with Gasteiger partial charge in [0.2, 0.25) is 5.95 Å². The molecule has 0 saturated carbocycles. The van der Waals surface area contributed by atoms with Crippen LogP contribution in [0, 0.1) is 11.3 Å². The van der Waals surface area contributed by atoms with Crippen LogP contribution in [0.5, 0.6) is 0 Å². The van der Waals surface area contributed by atoms with E-state index in [-0.39, 0.29) is 5.82 Å². The second kappa shape index (κ2) is 9.99. The molecular formula is C25H24F3N7O. The molecule has 0 radical (unpaired) electrons. The quantitative estimate of drug-likeness (QED) is 0.543. The second-order valence-electron chi connectivity index (χ2n) is 8.55. The Morgan fingerprint density at radius 2 is 1.61 bits per heavy atom. The van der Waals surface area contributed by atoms with Crippen LogP contribution in [0.3, 0.4) is 0 Å². The molecule has 0 aliphatic carbocycles. The van der Waals surface area contributed by atoms with Gasteiger partial charge >= 0.3 is 6.18 Å². The number of rotatable bonds is 4. The average molecular weight is 496 g/mol. The summed E-state index contributed by atoms with van der Waals surface area (Å²) in [6.07, 6.45) is -3.08. The summed E-state index contributed by atoms with van der Waals surface area (Å²) in [5, 5.41) is 9.32. The van der Waals surface area contributed by atoms with Crippen LogP contribution < -0.4 is 14.7 Å². The van der Waals surface area contributed by atoms with E-state index in [0.717, 1.165) is 11.6 Å². The van der Waals surface area contributed by atoms with Gasteiger partial charge in [-0.1, -0.05) is 12.1 Å². The maximum absolute atomic E-state index is 13.5. The number of aromatic nitrogens is 3. The Labute approximate surface area is 206 Å². The van der Waals surface area contributed by atoms with Gasteiger partial charge in [0.05, 0.1) is 36.1 Å². The standard InChI is InChI=1S/C25H24F3N7O/c26-25(27,28)20-5-2-6-30-23(20)34-9-7-33(8-10-34)22-16-21(19-4-1-3-18(15-19)17-29)31-24(32-22)35-11-13-36-14-12-35/h1-6,15-16H,7-14H2. The van der Waals surface area contributed by atoms with Crippen molar-refractivity contribution in [1.29, 1.82) is 5.26 Å². The summed E-state index contributed by atoms with van der Waals surface area (Å²) in [4.78, 5) is 19.4. The van der Waals surface area contributed by atoms with Gasteiger partial charge in [0.1, 0.15) is 11.6 Å². The van der Waals surface area contributed by atoms with Crippen LogP contribution in [0.15, 0.2) is 48.7 Å². The zero-order chi connectivity index (χ0) is 25.1. The first kappa shape index (κ1) is 23.8. The van der Waals surface area contributed by atoms with Crippen molar-refractivity contribution in [3.63, 3.8) is 0 Å². The van der Waals surface area contributed by atoms with Crippen molar-refractivity contribution in [2.75, 3.05) is 67.2 Å². The van der Waals surface area contributed by atoms with E-state index in [9.17, 15) is 18.4 Å². The molecule has 3 aromatic rings. The first-order chi connectivity index (χ1) is 17.4. The number of piperazine rings is 1. The molecule has 1 aromatic carbocycles. The number of nitriles is 1. The Morgan fingerprint density at radius 1 is 0.861 bits per heavy atom. The summed E-state index contributed by atoms with van der Waals surface area (Å²) in [6, 6.07) is 13.6. The highest BCUT2D eigenvalue weighted by Crippen LogP contribution is 2.36. The van der Waals surface area contributed by atoms with Gasteiger partial charge in [-0.3, -0.25) is 0 Å². The van der Waals surface area contributed by atoms with Crippen LogP contribution in [-0.4, -0.2) is 67.4 Å². The first-order valence-electron chi connectivity index (χ1n) is 11.7. The normalized spacial score (nSPS) is 16.7. The third-order valence-corrected chi connectivity index (χ3v) is 6.28. The van der Waals surface area contributed by atoms with Gasteiger partial charge in [-0.05, 0) is 24.3 Å². The van der Waals surface area contributed by atoms with Crippen LogP contribution in [-0.2, 0) is 10.9 Å². The van der Waals surface area contributed by atoms with Gasteiger partial charge in [-0.2, -0.15) is 23.4 Å². The molecule has 5 rings (SSSR count). The molecule has 0 unspecified atom stereocenters. The summed E-state index contributed by atoms with van der Waals surface area (Å²) in [6.45, 7) is 4.18. The van der Waals surface area contributed by atoms with E-state index in [1.54, 1.807) is 17.0 Å². The smallest absolute Gasteiger partial charge is 0.378 e. The van der Waals surface area contributed by atoms with Crippen molar-refractivity contribution in [2.24, 2.45) is 0 Å². The Bertz CT molecular complexity index is 1260. The van der Waals surface area contributed by atoms with Gasteiger partial charge in [0, 0.05) is 57.1 Å². The van der Waals surface area contributed by atoms with Gasteiger partial charge in [-0.25, -0.2) is 9.97 Å². The SMILES string of the molecule is N#Cc1cccc(-c2cc(N3CCN(c4ncccc4C(F)(F)F)CC3)nc(N3CCOCC3)n2)c1. The fourth-order valence-corrected chi connectivity index (χ4v) is 4.40. The molecule has 0 amide bonds. The van der Waals surface area contributed by atoms with Crippen LogP contribution in [0.1, 0.15) is 11.1 Å². The average Bonchev–Trinajstić information content (AvgIpc) is 2.93. The number of nitrogens with zero attached hydrogens (tertiary/aromatic N) is 7. The van der Waals surface area contributed by atoms with Crippen molar-refractivity contribution in [3.05, 3.63) is 59.8 Å². The summed E-state index contributed by atoms with van der Waals surface area (Å²) in [5.41, 5.74) is 1.29. The molecule has 11 heteroatoms. The van der Waals surface area contributed by atoms with Gasteiger partial charge in [0.15, 0.2) is 0 Å². The number of hydrogen-bond acceptors (Lipinski definition) is 8. The van der Waals surface area contributed by atoms with Crippen molar-refractivity contribution >= 4 is 17.6 Å². The van der Waals surface area contributed by atoms with E-state index in [2.05, 4.69) is 20.9 Å². The topological polar surface area (TPSA) is 81.4 Å². The molecule has 186 valence electrons. The lowest BCUT2D eigenvalue weighted by molar-refractivity contribution is -0.137. The zero-order valence-electron chi connectivity index (χ0n) is 19.4. The van der Waals surface area contributed by atoms with E-state index < -0.39 is 11.7 Å². The van der Waals surface area contributed by atoms with Crippen molar-refractivity contribution in [1.82, 2.24) is 15.0 Å². The number of anilines is 3. The van der Waals surface area contributed by atoms with E-state index >= 15 is 0 Å². The molecule has 8 nitrogen and oxygen atoms in total. The maximum Gasteiger partial charge on any atom is 0.419 e. The fraction of sp³-hybridized carbons (Fsp3) is 0.360. The Hall–Kier alpha value is -3.91. The van der Waals surface area contributed by atoms with Crippen LogP contribution >= 0.6 is 0 Å². The maximum atomic E-state index is 13.5. The molecule has 36 heavy (non-hydrogen) atoms. The van der Waals surface area contributed by atoms with E-state index in [0.29, 0.717) is 75.5 Å². The highest BCUT2D eigenvalue weighted by Gasteiger charge is 2.36. The lowest BCUT2D eigenvalue weighted by Crippen LogP contribution is -2.48. The molecule has 0 spiro atoms. The summed E-state index contributed by atoms with van der Waals surface area (Å²) in [5.74, 6) is 1.22. The lowest BCUT2D eigenvalue weighted by Gasteiger charge is -2.37. The summed E-state index contributed by atoms with van der Waals surface area (Å²) >= 11 is 0. The van der Waals surface area contributed by atoms with Crippen molar-refractivity contribution in [3.8, 4) is 17.3 Å². The minimum absolute atomic E-state index is 0.0460. The molecule has 0 bridgehead atoms. The largest absolute Gasteiger partial charge is 0.419 e. The number of hydrogen-bond donors (Lipinski definition) is 0. The molecule has 2 aliphatic rings. The lowest BCUT2D eigenvalue weighted by atomic mass is 10.1. The minimum atomic E-state index is -4.46. The van der Waals surface area contributed by atoms with Crippen LogP contribution in [0.2, 0.25) is 0 Å². The summed E-state index contributed by atoms with van der Waals surface area (Å²) < 4.78 is 46.0. The second-order valence-corrected chi connectivity index (χ2v) is 8.55. The van der Waals surface area contributed by atoms with Crippen LogP contribution in [0.4, 0.5) is 30.8 Å². The third kappa shape index (κ3) is 5.04. The zero-order valence-corrected chi connectivity index (χ0v) is 19.4. The van der Waals surface area contributed by atoms with Gasteiger partial charge < -0.3 is 19.4 Å². The number of morpholine rings is 1. The number of pyridine rings is 1. The molecule has 2 aliphatic heterocycles. The molecule has 0 atom stereocenters. The van der Waals surface area contributed by atoms with Crippen molar-refractivity contribution in [2.45, 2.75) is 6.18 Å². The van der Waals surface area contributed by atoms with E-state index in [4.69, 9.17) is 14.7 Å². The Kier molecular flexibility index (Phi) is 6.61. The molecule has 2 aromatic heterocycles. The number of alkyl halides is 3. The number of halogens is 3. The van der Waals surface area contributed by atoms with Crippen molar-refractivity contribution < 1.29 is 17.9 Å². The summed E-state index contributed by atoms with van der Waals surface area (Å²) in [7, 11) is 0. The Morgan fingerprint density at radius 3 is 2.33 bits per heavy atom. The fourth-order valence-electron chi connectivity index (χ4n) is 4.40. The first-order valence-corrected chi connectivity index (χ1v) is 11.7. The molecule has 2 saturated heterocycles. The monoisotopic (exact) mass is 495 g/mol. The molecule has 0 N–H and O–H groups in total.